The Kier molecular flexibility index (Phi) is 3.98. The van der Waals surface area contributed by atoms with Crippen LogP contribution >= 0.6 is 0 Å². The molecule has 0 bridgehead atoms. The van der Waals surface area contributed by atoms with E-state index < -0.39 is 0 Å². The van der Waals surface area contributed by atoms with Crippen LogP contribution in [0.15, 0.2) is 102 Å². The zero-order valence-corrected chi connectivity index (χ0v) is 14.9. The molecule has 1 aromatic carbocycles. The van der Waals surface area contributed by atoms with Crippen LogP contribution in [0.1, 0.15) is 29.5 Å². The molecule has 5 rings (SSSR count). The van der Waals surface area contributed by atoms with Gasteiger partial charge in [-0.2, -0.15) is 0 Å². The van der Waals surface area contributed by atoms with Crippen molar-refractivity contribution in [3.05, 3.63) is 108 Å². The number of nitrogens with zero attached hydrogens (tertiary/aromatic N) is 3. The van der Waals surface area contributed by atoms with Gasteiger partial charge in [0.05, 0.1) is 11.4 Å². The molecule has 3 nitrogen and oxygen atoms in total. The highest BCUT2D eigenvalue weighted by atomic mass is 14.8. The van der Waals surface area contributed by atoms with E-state index in [-0.39, 0.29) is 5.92 Å². The maximum atomic E-state index is 4.68. The highest BCUT2D eigenvalue weighted by Crippen LogP contribution is 2.40. The van der Waals surface area contributed by atoms with E-state index in [4.69, 9.17) is 0 Å². The van der Waals surface area contributed by atoms with Crippen LogP contribution in [0.2, 0.25) is 0 Å². The number of hydrogen-bond acceptors (Lipinski definition) is 3. The predicted molar refractivity (Wildman–Crippen MR) is 109 cm³/mol. The number of aliphatic imine (C=N–C) groups is 1. The molecule has 2 atom stereocenters. The van der Waals surface area contributed by atoms with Gasteiger partial charge in [-0.3, -0.25) is 15.0 Å². The van der Waals surface area contributed by atoms with Gasteiger partial charge in [0.1, 0.15) is 0 Å². The van der Waals surface area contributed by atoms with Gasteiger partial charge < -0.3 is 0 Å². The normalized spacial score (nSPS) is 20.7. The standard InChI is InChI=1S/C24H19N3/c1-3-11-25-22(8-1)18-7-5-6-17(14-18)21-16-20(23-9-2-4-12-26-23)15-19-10-13-27-24(19)21/h1-15,20-21H,16H2. The first kappa shape index (κ1) is 15.9. The SMILES string of the molecule is C1=CC2=CC(c3ccccn3)CC(c3cccc(-c4ccccn4)c3)C2=N1. The lowest BCUT2D eigenvalue weighted by Gasteiger charge is -2.28. The summed E-state index contributed by atoms with van der Waals surface area (Å²) in [6, 6.07) is 20.9. The molecule has 0 radical (unpaired) electrons. The van der Waals surface area contributed by atoms with E-state index in [2.05, 4.69) is 69.6 Å². The first-order valence-electron chi connectivity index (χ1n) is 9.27. The van der Waals surface area contributed by atoms with Gasteiger partial charge in [-0.1, -0.05) is 36.4 Å². The molecule has 3 heteroatoms. The quantitative estimate of drug-likeness (QED) is 0.643. The second-order valence-corrected chi connectivity index (χ2v) is 6.94. The predicted octanol–water partition coefficient (Wildman–Crippen LogP) is 5.31. The minimum Gasteiger partial charge on any atom is -0.261 e. The summed E-state index contributed by atoms with van der Waals surface area (Å²) in [6.45, 7) is 0. The van der Waals surface area contributed by atoms with E-state index in [0.29, 0.717) is 5.92 Å². The maximum absolute atomic E-state index is 4.68. The van der Waals surface area contributed by atoms with Gasteiger partial charge in [0.25, 0.3) is 0 Å². The molecule has 0 fully saturated rings. The lowest BCUT2D eigenvalue weighted by molar-refractivity contribution is 0.666. The van der Waals surface area contributed by atoms with E-state index in [0.717, 1.165) is 23.4 Å². The van der Waals surface area contributed by atoms with E-state index in [9.17, 15) is 0 Å². The average molecular weight is 349 g/mol. The molecule has 27 heavy (non-hydrogen) atoms. The summed E-state index contributed by atoms with van der Waals surface area (Å²) in [5, 5.41) is 0. The molecule has 0 spiro atoms. The fourth-order valence-electron chi connectivity index (χ4n) is 3.98. The Hall–Kier alpha value is -3.33. The largest absolute Gasteiger partial charge is 0.261 e. The van der Waals surface area contributed by atoms with Gasteiger partial charge in [-0.15, -0.1) is 0 Å². The molecule has 3 aromatic rings. The van der Waals surface area contributed by atoms with Gasteiger partial charge in [0.2, 0.25) is 0 Å². The smallest absolute Gasteiger partial charge is 0.0702 e. The molecule has 0 N–H and O–H groups in total. The molecule has 2 unspecified atom stereocenters. The van der Waals surface area contributed by atoms with Crippen molar-refractivity contribution in [3.63, 3.8) is 0 Å². The number of fused-ring (bicyclic) bond motifs is 1. The zero-order chi connectivity index (χ0) is 18.1. The Morgan fingerprint density at radius 2 is 1.74 bits per heavy atom. The van der Waals surface area contributed by atoms with Crippen molar-refractivity contribution in [2.75, 3.05) is 0 Å². The Labute approximate surface area is 158 Å². The first-order valence-corrected chi connectivity index (χ1v) is 9.27. The average Bonchev–Trinajstić information content (AvgIpc) is 3.23. The molecule has 130 valence electrons. The zero-order valence-electron chi connectivity index (χ0n) is 14.9. The number of allylic oxidation sites excluding steroid dienone is 3. The Bertz CT molecular complexity index is 1050. The van der Waals surface area contributed by atoms with Gasteiger partial charge in [-0.25, -0.2) is 0 Å². The van der Waals surface area contributed by atoms with Crippen LogP contribution in [0.25, 0.3) is 11.3 Å². The molecule has 1 aliphatic heterocycles. The van der Waals surface area contributed by atoms with Gasteiger partial charge >= 0.3 is 0 Å². The molecular formula is C24H19N3. The number of benzene rings is 1. The van der Waals surface area contributed by atoms with Crippen LogP contribution in [-0.2, 0) is 0 Å². The molecule has 0 saturated carbocycles. The summed E-state index contributed by atoms with van der Waals surface area (Å²) in [5.41, 5.74) is 6.94. The molecule has 2 aliphatic rings. The number of rotatable bonds is 3. The van der Waals surface area contributed by atoms with Crippen molar-refractivity contribution >= 4 is 5.71 Å². The summed E-state index contributed by atoms with van der Waals surface area (Å²) in [4.78, 5) is 13.8. The second kappa shape index (κ2) is 6.76. The molecule has 0 amide bonds. The summed E-state index contributed by atoms with van der Waals surface area (Å²) in [7, 11) is 0. The van der Waals surface area contributed by atoms with Crippen LogP contribution in [0.4, 0.5) is 0 Å². The third-order valence-corrected chi connectivity index (χ3v) is 5.28. The lowest BCUT2D eigenvalue weighted by Crippen LogP contribution is -2.21. The first-order chi connectivity index (χ1) is 13.4. The van der Waals surface area contributed by atoms with E-state index >= 15 is 0 Å². The summed E-state index contributed by atoms with van der Waals surface area (Å²) in [5.74, 6) is 0.557. The van der Waals surface area contributed by atoms with Crippen molar-refractivity contribution in [3.8, 4) is 11.3 Å². The number of pyridine rings is 2. The van der Waals surface area contributed by atoms with Crippen molar-refractivity contribution in [1.29, 1.82) is 0 Å². The summed E-state index contributed by atoms with van der Waals surface area (Å²) < 4.78 is 0. The molecule has 2 aromatic heterocycles. The summed E-state index contributed by atoms with van der Waals surface area (Å²) >= 11 is 0. The van der Waals surface area contributed by atoms with Crippen LogP contribution in [0.5, 0.6) is 0 Å². The second-order valence-electron chi connectivity index (χ2n) is 6.94. The van der Waals surface area contributed by atoms with Crippen molar-refractivity contribution in [2.45, 2.75) is 18.3 Å². The Balaban J connectivity index is 1.54. The maximum Gasteiger partial charge on any atom is 0.0702 e. The Morgan fingerprint density at radius 3 is 2.56 bits per heavy atom. The molecule has 0 saturated heterocycles. The summed E-state index contributed by atoms with van der Waals surface area (Å²) in [6.07, 6.45) is 11.0. The highest BCUT2D eigenvalue weighted by molar-refractivity contribution is 6.09. The minimum atomic E-state index is 0.260. The lowest BCUT2D eigenvalue weighted by atomic mass is 9.76. The fraction of sp³-hybridized carbons (Fsp3) is 0.125. The van der Waals surface area contributed by atoms with E-state index in [1.165, 1.54) is 16.8 Å². The minimum absolute atomic E-state index is 0.260. The number of aromatic nitrogens is 2. The monoisotopic (exact) mass is 349 g/mol. The Morgan fingerprint density at radius 1 is 0.852 bits per heavy atom. The molecule has 1 aliphatic carbocycles. The third-order valence-electron chi connectivity index (χ3n) is 5.28. The fourth-order valence-corrected chi connectivity index (χ4v) is 3.98. The van der Waals surface area contributed by atoms with Gasteiger partial charge in [0.15, 0.2) is 0 Å². The van der Waals surface area contributed by atoms with Crippen LogP contribution in [0.3, 0.4) is 0 Å². The van der Waals surface area contributed by atoms with Crippen LogP contribution in [-0.4, -0.2) is 15.7 Å². The van der Waals surface area contributed by atoms with Gasteiger partial charge in [0, 0.05) is 41.7 Å². The van der Waals surface area contributed by atoms with Crippen molar-refractivity contribution < 1.29 is 0 Å². The number of hydrogen-bond donors (Lipinski definition) is 0. The van der Waals surface area contributed by atoms with Crippen LogP contribution < -0.4 is 0 Å². The van der Waals surface area contributed by atoms with Gasteiger partial charge in [-0.05, 0) is 54.0 Å². The van der Waals surface area contributed by atoms with E-state index in [1.807, 2.05) is 36.8 Å². The molecular weight excluding hydrogens is 330 g/mol. The third kappa shape index (κ3) is 3.02. The topological polar surface area (TPSA) is 38.1 Å². The van der Waals surface area contributed by atoms with Crippen molar-refractivity contribution in [2.24, 2.45) is 4.99 Å². The highest BCUT2D eigenvalue weighted by Gasteiger charge is 2.31. The van der Waals surface area contributed by atoms with Crippen LogP contribution in [0, 0.1) is 0 Å². The van der Waals surface area contributed by atoms with E-state index in [1.54, 1.807) is 0 Å². The molecule has 3 heterocycles. The van der Waals surface area contributed by atoms with Crippen molar-refractivity contribution in [1.82, 2.24) is 9.97 Å².